The molecule has 0 aliphatic rings. The maximum Gasteiger partial charge on any atom is 0.194 e. The third-order valence-corrected chi connectivity index (χ3v) is 1.32. The summed E-state index contributed by atoms with van der Waals surface area (Å²) in [5.41, 5.74) is 1.04. The van der Waals surface area contributed by atoms with Crippen LogP contribution in [-0.2, 0) is 12.8 Å². The highest BCUT2D eigenvalue weighted by Crippen LogP contribution is 2.03. The van der Waals surface area contributed by atoms with E-state index in [1.807, 2.05) is 0 Å². The quantitative estimate of drug-likeness (QED) is 0.638. The molecule has 0 unspecified atom stereocenters. The van der Waals surface area contributed by atoms with Gasteiger partial charge in [0.15, 0.2) is 5.89 Å². The van der Waals surface area contributed by atoms with Crippen molar-refractivity contribution in [1.29, 1.82) is 0 Å². The predicted octanol–water partition coefficient (Wildman–Crippen LogP) is 2.00. The Morgan fingerprint density at radius 2 is 2.50 bits per heavy atom. The van der Waals surface area contributed by atoms with Crippen LogP contribution in [0.2, 0.25) is 0 Å². The van der Waals surface area contributed by atoms with Gasteiger partial charge in [-0.1, -0.05) is 13.3 Å². The molecule has 0 saturated carbocycles. The molecule has 1 rings (SSSR count). The summed E-state index contributed by atoms with van der Waals surface area (Å²) in [6, 6.07) is 0. The third kappa shape index (κ3) is 1.59. The van der Waals surface area contributed by atoms with Crippen LogP contribution in [0.1, 0.15) is 24.9 Å². The van der Waals surface area contributed by atoms with E-state index in [-0.39, 0.29) is 0 Å². The van der Waals surface area contributed by atoms with Crippen molar-refractivity contribution in [3.05, 3.63) is 24.8 Å². The number of nitrogens with zero attached hydrogens (tertiary/aromatic N) is 1. The topological polar surface area (TPSA) is 26.0 Å². The number of aromatic nitrogens is 1. The van der Waals surface area contributed by atoms with E-state index in [0.29, 0.717) is 6.42 Å². The molecule has 1 aromatic heterocycles. The van der Waals surface area contributed by atoms with Gasteiger partial charge in [0.25, 0.3) is 0 Å². The maximum absolute atomic E-state index is 5.09. The first-order valence-corrected chi connectivity index (χ1v) is 3.59. The SMILES string of the molecule is [CH2]Cc1nc(CCC)co1. The maximum atomic E-state index is 5.09. The van der Waals surface area contributed by atoms with Gasteiger partial charge < -0.3 is 4.42 Å². The molecule has 0 amide bonds. The number of hydrogen-bond acceptors (Lipinski definition) is 2. The summed E-state index contributed by atoms with van der Waals surface area (Å²) in [7, 11) is 0. The Morgan fingerprint density at radius 3 is 3.00 bits per heavy atom. The summed E-state index contributed by atoms with van der Waals surface area (Å²) in [6.45, 7) is 5.80. The zero-order valence-electron chi connectivity index (χ0n) is 6.26. The predicted molar refractivity (Wildman–Crippen MR) is 39.6 cm³/mol. The molecule has 1 heterocycles. The van der Waals surface area contributed by atoms with Gasteiger partial charge in [-0.15, -0.1) is 0 Å². The largest absolute Gasteiger partial charge is 0.449 e. The normalized spacial score (nSPS) is 10.2. The Kier molecular flexibility index (Phi) is 2.49. The van der Waals surface area contributed by atoms with Crippen molar-refractivity contribution in [1.82, 2.24) is 4.98 Å². The van der Waals surface area contributed by atoms with Gasteiger partial charge in [-0.2, -0.15) is 0 Å². The molecule has 0 aliphatic carbocycles. The molecule has 0 spiro atoms. The Balaban J connectivity index is 2.59. The van der Waals surface area contributed by atoms with Crippen LogP contribution in [0.3, 0.4) is 0 Å². The molecule has 2 heteroatoms. The molecule has 0 bridgehead atoms. The van der Waals surface area contributed by atoms with E-state index in [9.17, 15) is 0 Å². The average molecular weight is 138 g/mol. The Bertz CT molecular complexity index is 193. The third-order valence-electron chi connectivity index (χ3n) is 1.32. The Hall–Kier alpha value is -0.790. The first kappa shape index (κ1) is 7.32. The molecule has 0 fully saturated rings. The van der Waals surface area contributed by atoms with Crippen LogP contribution in [0.15, 0.2) is 10.7 Å². The summed E-state index contributed by atoms with van der Waals surface area (Å²) in [5.74, 6) is 0.739. The van der Waals surface area contributed by atoms with E-state index in [4.69, 9.17) is 4.42 Å². The smallest absolute Gasteiger partial charge is 0.194 e. The van der Waals surface area contributed by atoms with Crippen LogP contribution in [0, 0.1) is 6.92 Å². The standard InChI is InChI=1S/C8H12NO/c1-3-5-7-6-10-8(4-2)9-7/h6H,2-5H2,1H3. The van der Waals surface area contributed by atoms with E-state index in [1.54, 1.807) is 6.26 Å². The summed E-state index contributed by atoms with van der Waals surface area (Å²) in [6.07, 6.45) is 4.47. The van der Waals surface area contributed by atoms with Crippen molar-refractivity contribution >= 4 is 0 Å². The van der Waals surface area contributed by atoms with Gasteiger partial charge in [0.1, 0.15) is 6.26 Å². The average Bonchev–Trinajstić information content (AvgIpc) is 2.37. The van der Waals surface area contributed by atoms with Crippen molar-refractivity contribution in [3.63, 3.8) is 0 Å². The van der Waals surface area contributed by atoms with Crippen molar-refractivity contribution < 1.29 is 4.42 Å². The van der Waals surface area contributed by atoms with E-state index in [1.165, 1.54) is 0 Å². The lowest BCUT2D eigenvalue weighted by Crippen LogP contribution is -1.84. The minimum absolute atomic E-state index is 0.643. The fraction of sp³-hybridized carbons (Fsp3) is 0.500. The highest BCUT2D eigenvalue weighted by molar-refractivity contribution is 4.96. The van der Waals surface area contributed by atoms with Crippen LogP contribution >= 0.6 is 0 Å². The zero-order chi connectivity index (χ0) is 7.40. The second-order valence-electron chi connectivity index (χ2n) is 2.23. The number of aryl methyl sites for hydroxylation is 1. The first-order valence-electron chi connectivity index (χ1n) is 3.59. The molecule has 10 heavy (non-hydrogen) atoms. The van der Waals surface area contributed by atoms with Crippen molar-refractivity contribution in [2.75, 3.05) is 0 Å². The molecule has 0 N–H and O–H groups in total. The van der Waals surface area contributed by atoms with Crippen LogP contribution in [0.4, 0.5) is 0 Å². The molecule has 0 aliphatic heterocycles. The lowest BCUT2D eigenvalue weighted by molar-refractivity contribution is 0.508. The van der Waals surface area contributed by atoms with Gasteiger partial charge in [0, 0.05) is 6.42 Å². The molecule has 2 nitrogen and oxygen atoms in total. The lowest BCUT2D eigenvalue weighted by Gasteiger charge is -1.84. The number of hydrogen-bond donors (Lipinski definition) is 0. The Labute approximate surface area is 61.3 Å². The van der Waals surface area contributed by atoms with Crippen LogP contribution in [-0.4, -0.2) is 4.98 Å². The van der Waals surface area contributed by atoms with Gasteiger partial charge in [-0.25, -0.2) is 4.98 Å². The molecule has 1 aromatic rings. The highest BCUT2D eigenvalue weighted by Gasteiger charge is 1.98. The molecule has 1 radical (unpaired) electrons. The molecule has 55 valence electrons. The van der Waals surface area contributed by atoms with E-state index in [0.717, 1.165) is 24.4 Å². The summed E-state index contributed by atoms with van der Waals surface area (Å²) in [4.78, 5) is 4.19. The number of oxazole rings is 1. The molecule has 0 atom stereocenters. The van der Waals surface area contributed by atoms with Crippen LogP contribution in [0.25, 0.3) is 0 Å². The van der Waals surface area contributed by atoms with Gasteiger partial charge in [0.05, 0.1) is 5.69 Å². The minimum atomic E-state index is 0.643. The second-order valence-corrected chi connectivity index (χ2v) is 2.23. The van der Waals surface area contributed by atoms with Crippen molar-refractivity contribution in [3.8, 4) is 0 Å². The van der Waals surface area contributed by atoms with Crippen molar-refractivity contribution in [2.45, 2.75) is 26.2 Å². The number of rotatable bonds is 3. The van der Waals surface area contributed by atoms with Gasteiger partial charge >= 0.3 is 0 Å². The fourth-order valence-corrected chi connectivity index (χ4v) is 0.835. The van der Waals surface area contributed by atoms with Crippen molar-refractivity contribution in [2.24, 2.45) is 0 Å². The zero-order valence-corrected chi connectivity index (χ0v) is 6.26. The van der Waals surface area contributed by atoms with Gasteiger partial charge in [-0.3, -0.25) is 0 Å². The lowest BCUT2D eigenvalue weighted by atomic mass is 10.3. The van der Waals surface area contributed by atoms with E-state index >= 15 is 0 Å². The molecular weight excluding hydrogens is 126 g/mol. The fourth-order valence-electron chi connectivity index (χ4n) is 0.835. The minimum Gasteiger partial charge on any atom is -0.449 e. The van der Waals surface area contributed by atoms with Gasteiger partial charge in [0.2, 0.25) is 0 Å². The second kappa shape index (κ2) is 3.40. The summed E-state index contributed by atoms with van der Waals surface area (Å²) >= 11 is 0. The monoisotopic (exact) mass is 138 g/mol. The summed E-state index contributed by atoms with van der Waals surface area (Å²) < 4.78 is 5.09. The van der Waals surface area contributed by atoms with Crippen LogP contribution < -0.4 is 0 Å². The van der Waals surface area contributed by atoms with E-state index in [2.05, 4.69) is 18.8 Å². The molecule has 0 saturated heterocycles. The van der Waals surface area contributed by atoms with Gasteiger partial charge in [-0.05, 0) is 13.3 Å². The summed E-state index contributed by atoms with van der Waals surface area (Å²) in [5, 5.41) is 0. The first-order chi connectivity index (χ1) is 4.86. The van der Waals surface area contributed by atoms with Crippen LogP contribution in [0.5, 0.6) is 0 Å². The molecule has 0 aromatic carbocycles. The highest BCUT2D eigenvalue weighted by atomic mass is 16.3. The van der Waals surface area contributed by atoms with E-state index < -0.39 is 0 Å². The molecular formula is C8H12NO. The Morgan fingerprint density at radius 1 is 1.70 bits per heavy atom.